The molecule has 1 aliphatic rings. The van der Waals surface area contributed by atoms with Crippen molar-refractivity contribution in [3.05, 3.63) is 42.1 Å². The molecule has 84 valence electrons. The smallest absolute Gasteiger partial charge is 0.232 e. The second-order valence-corrected chi connectivity index (χ2v) is 5.38. The zero-order valence-corrected chi connectivity index (χ0v) is 10.3. The lowest BCUT2D eigenvalue weighted by molar-refractivity contribution is 0.719. The van der Waals surface area contributed by atoms with Crippen molar-refractivity contribution in [1.29, 1.82) is 0 Å². The van der Waals surface area contributed by atoms with Crippen LogP contribution in [-0.4, -0.2) is 10.0 Å². The molecule has 0 aliphatic carbocycles. The first-order valence-corrected chi connectivity index (χ1v) is 5.64. The van der Waals surface area contributed by atoms with Gasteiger partial charge in [-0.15, -0.1) is 0 Å². The van der Waals surface area contributed by atoms with E-state index < -0.39 is 3.79 Å². The van der Waals surface area contributed by atoms with Gasteiger partial charge in [-0.3, -0.25) is 5.43 Å². The fourth-order valence-corrected chi connectivity index (χ4v) is 1.53. The Morgan fingerprint density at radius 1 is 1.12 bits per heavy atom. The zero-order chi connectivity index (χ0) is 11.6. The van der Waals surface area contributed by atoms with Crippen molar-refractivity contribution in [1.82, 2.24) is 5.43 Å². The molecule has 16 heavy (non-hydrogen) atoms. The van der Waals surface area contributed by atoms with Crippen LogP contribution in [0.25, 0.3) is 0 Å². The highest BCUT2D eigenvalue weighted by atomic mass is 35.6. The molecule has 3 nitrogen and oxygen atoms in total. The molecule has 1 heterocycles. The molecule has 0 radical (unpaired) electrons. The van der Waals surface area contributed by atoms with Crippen LogP contribution in [-0.2, 0) is 0 Å². The first-order valence-electron chi connectivity index (χ1n) is 4.51. The maximum atomic E-state index is 5.78. The number of anilines is 1. The number of rotatable bonds is 1. The Morgan fingerprint density at radius 2 is 1.81 bits per heavy atom. The van der Waals surface area contributed by atoms with Gasteiger partial charge in [0.25, 0.3) is 0 Å². The summed E-state index contributed by atoms with van der Waals surface area (Å²) in [6.07, 6.45) is 3.19. The van der Waals surface area contributed by atoms with Gasteiger partial charge >= 0.3 is 0 Å². The third kappa shape index (κ3) is 2.61. The Labute approximate surface area is 108 Å². The number of benzene rings is 1. The number of hydrazine groups is 1. The summed E-state index contributed by atoms with van der Waals surface area (Å²) in [4.78, 5) is 0. The van der Waals surface area contributed by atoms with Gasteiger partial charge in [-0.1, -0.05) is 53.0 Å². The van der Waals surface area contributed by atoms with E-state index >= 15 is 0 Å². The van der Waals surface area contributed by atoms with Crippen LogP contribution in [0, 0.1) is 0 Å². The molecule has 0 aromatic heterocycles. The van der Waals surface area contributed by atoms with Gasteiger partial charge in [0.15, 0.2) is 0 Å². The molecule has 0 amide bonds. The van der Waals surface area contributed by atoms with Crippen LogP contribution in [0.2, 0.25) is 0 Å². The highest BCUT2D eigenvalue weighted by Gasteiger charge is 2.28. The SMILES string of the molecule is ClC(Cl)(Cl)C1=CC=NN(c2ccccc2)N1. The van der Waals surface area contributed by atoms with Gasteiger partial charge in [0.2, 0.25) is 3.79 Å². The molecule has 1 aromatic rings. The van der Waals surface area contributed by atoms with Crippen LogP contribution < -0.4 is 10.5 Å². The Balaban J connectivity index is 2.19. The van der Waals surface area contributed by atoms with E-state index in [-0.39, 0.29) is 0 Å². The highest BCUT2D eigenvalue weighted by Crippen LogP contribution is 2.34. The van der Waals surface area contributed by atoms with Crippen molar-refractivity contribution in [3.8, 4) is 0 Å². The predicted octanol–water partition coefficient (Wildman–Crippen LogP) is 3.25. The summed E-state index contributed by atoms with van der Waals surface area (Å²) in [6, 6.07) is 9.51. The van der Waals surface area contributed by atoms with Crippen molar-refractivity contribution < 1.29 is 0 Å². The van der Waals surface area contributed by atoms with Gasteiger partial charge in [-0.25, -0.2) is 0 Å². The third-order valence-electron chi connectivity index (χ3n) is 1.96. The number of nitrogens with zero attached hydrogens (tertiary/aromatic N) is 2. The molecule has 0 unspecified atom stereocenters. The Hall–Kier alpha value is -0.900. The molecular formula is C10H8Cl3N3. The molecule has 6 heteroatoms. The van der Waals surface area contributed by atoms with Gasteiger partial charge < -0.3 is 0 Å². The number of hydrazone groups is 1. The van der Waals surface area contributed by atoms with Crippen molar-refractivity contribution in [2.75, 3.05) is 5.12 Å². The largest absolute Gasteiger partial charge is 0.278 e. The van der Waals surface area contributed by atoms with Gasteiger partial charge in [-0.05, 0) is 18.2 Å². The Morgan fingerprint density at radius 3 is 2.44 bits per heavy atom. The Bertz CT molecular complexity index is 423. The highest BCUT2D eigenvalue weighted by molar-refractivity contribution is 6.69. The minimum atomic E-state index is -1.49. The van der Waals surface area contributed by atoms with Crippen molar-refractivity contribution in [2.24, 2.45) is 5.10 Å². The van der Waals surface area contributed by atoms with Crippen molar-refractivity contribution in [3.63, 3.8) is 0 Å². The normalized spacial score (nSPS) is 15.7. The molecule has 2 rings (SSSR count). The van der Waals surface area contributed by atoms with E-state index in [1.807, 2.05) is 30.3 Å². The lowest BCUT2D eigenvalue weighted by Crippen LogP contribution is -2.39. The average molecular weight is 277 g/mol. The standard InChI is InChI=1S/C10H8Cl3N3/c11-10(12,13)9-6-7-14-16(15-9)8-4-2-1-3-5-8/h1-7,15H. The quantitative estimate of drug-likeness (QED) is 0.797. The summed E-state index contributed by atoms with van der Waals surface area (Å²) in [5.74, 6) is 0. The van der Waals surface area contributed by atoms with Crippen molar-refractivity contribution in [2.45, 2.75) is 3.79 Å². The fourth-order valence-electron chi connectivity index (χ4n) is 1.21. The molecule has 0 saturated carbocycles. The van der Waals surface area contributed by atoms with E-state index in [1.165, 1.54) is 5.12 Å². The minimum absolute atomic E-state index is 0.455. The summed E-state index contributed by atoms with van der Waals surface area (Å²) in [5.41, 5.74) is 4.23. The van der Waals surface area contributed by atoms with Gasteiger partial charge in [-0.2, -0.15) is 10.2 Å². The van der Waals surface area contributed by atoms with Crippen LogP contribution in [0.3, 0.4) is 0 Å². The number of allylic oxidation sites excluding steroid dienone is 2. The lowest BCUT2D eigenvalue weighted by atomic mass is 10.3. The third-order valence-corrected chi connectivity index (χ3v) is 2.57. The second kappa shape index (κ2) is 4.53. The van der Waals surface area contributed by atoms with Crippen LogP contribution in [0.4, 0.5) is 5.69 Å². The van der Waals surface area contributed by atoms with Crippen LogP contribution in [0.1, 0.15) is 0 Å². The van der Waals surface area contributed by atoms with Gasteiger partial charge in [0, 0.05) is 0 Å². The van der Waals surface area contributed by atoms with Crippen LogP contribution in [0.5, 0.6) is 0 Å². The molecule has 0 bridgehead atoms. The van der Waals surface area contributed by atoms with Gasteiger partial charge in [0.05, 0.1) is 17.6 Å². The monoisotopic (exact) mass is 275 g/mol. The first kappa shape index (κ1) is 11.6. The van der Waals surface area contributed by atoms with E-state index in [0.29, 0.717) is 5.70 Å². The summed E-state index contributed by atoms with van der Waals surface area (Å²) in [5, 5.41) is 5.65. The van der Waals surface area contributed by atoms with E-state index in [4.69, 9.17) is 34.8 Å². The summed E-state index contributed by atoms with van der Waals surface area (Å²) >= 11 is 17.3. The van der Waals surface area contributed by atoms with Crippen LogP contribution in [0.15, 0.2) is 47.2 Å². The lowest BCUT2D eigenvalue weighted by Gasteiger charge is -2.28. The molecule has 0 fully saturated rings. The summed E-state index contributed by atoms with van der Waals surface area (Å²) in [6.45, 7) is 0. The molecule has 1 aromatic carbocycles. The van der Waals surface area contributed by atoms with Crippen molar-refractivity contribution >= 4 is 46.7 Å². The Kier molecular flexibility index (Phi) is 3.28. The minimum Gasteiger partial charge on any atom is -0.278 e. The predicted molar refractivity (Wildman–Crippen MR) is 68.9 cm³/mol. The second-order valence-electron chi connectivity index (χ2n) is 3.10. The molecule has 0 saturated heterocycles. The number of hydrogen-bond donors (Lipinski definition) is 1. The maximum absolute atomic E-state index is 5.78. The molecule has 0 atom stereocenters. The zero-order valence-electron chi connectivity index (χ0n) is 8.07. The number of halogens is 3. The molecule has 1 N–H and O–H groups in total. The molecule has 0 spiro atoms. The molecule has 1 aliphatic heterocycles. The van der Waals surface area contributed by atoms with E-state index in [0.717, 1.165) is 5.69 Å². The average Bonchev–Trinajstić information content (AvgIpc) is 2.29. The van der Waals surface area contributed by atoms with Gasteiger partial charge in [0.1, 0.15) is 0 Å². The number of hydrogen-bond acceptors (Lipinski definition) is 3. The summed E-state index contributed by atoms with van der Waals surface area (Å²) < 4.78 is -1.49. The maximum Gasteiger partial charge on any atom is 0.232 e. The molecular weight excluding hydrogens is 268 g/mol. The van der Waals surface area contributed by atoms with Crippen LogP contribution >= 0.6 is 34.8 Å². The fraction of sp³-hybridized carbons (Fsp3) is 0.100. The number of alkyl halides is 3. The summed E-state index contributed by atoms with van der Waals surface area (Å²) in [7, 11) is 0. The first-order chi connectivity index (χ1) is 7.57. The van der Waals surface area contributed by atoms with E-state index in [1.54, 1.807) is 12.3 Å². The number of para-hydroxylation sites is 1. The van der Waals surface area contributed by atoms with E-state index in [9.17, 15) is 0 Å². The topological polar surface area (TPSA) is 27.6 Å². The van der Waals surface area contributed by atoms with E-state index in [2.05, 4.69) is 10.5 Å². The number of nitrogens with one attached hydrogen (secondary N) is 1.